The first-order valence-corrected chi connectivity index (χ1v) is 6.90. The summed E-state index contributed by atoms with van der Waals surface area (Å²) in [6, 6.07) is 17.4. The van der Waals surface area contributed by atoms with E-state index in [1.807, 2.05) is 54.6 Å². The van der Waals surface area contributed by atoms with Crippen molar-refractivity contribution < 1.29 is 9.53 Å². The Hall–Kier alpha value is -2.95. The van der Waals surface area contributed by atoms with Gasteiger partial charge in [-0.25, -0.2) is 4.68 Å². The molecule has 0 N–H and O–H groups in total. The highest BCUT2D eigenvalue weighted by Gasteiger charge is 2.14. The average molecular weight is 293 g/mol. The largest absolute Gasteiger partial charge is 0.497 e. The second-order valence-electron chi connectivity index (χ2n) is 4.81. The Bertz CT molecular complexity index is 782. The SMILES string of the molecule is COc1cccc(-n2nnc(C=O)c2Cc2ccccc2)c1. The number of methoxy groups -OCH3 is 1. The van der Waals surface area contributed by atoms with Crippen molar-refractivity contribution in [2.75, 3.05) is 7.11 Å². The molecule has 0 atom stereocenters. The molecule has 0 unspecified atom stereocenters. The molecule has 5 nitrogen and oxygen atoms in total. The number of carbonyl (C=O) groups is 1. The lowest BCUT2D eigenvalue weighted by Gasteiger charge is -2.08. The van der Waals surface area contributed by atoms with Crippen LogP contribution in [0.2, 0.25) is 0 Å². The number of rotatable bonds is 5. The molecule has 0 spiro atoms. The second-order valence-corrected chi connectivity index (χ2v) is 4.81. The minimum atomic E-state index is 0.353. The van der Waals surface area contributed by atoms with Crippen LogP contribution in [0.1, 0.15) is 21.7 Å². The summed E-state index contributed by atoms with van der Waals surface area (Å²) in [5.41, 5.74) is 3.02. The molecule has 0 aliphatic carbocycles. The minimum absolute atomic E-state index is 0.353. The van der Waals surface area contributed by atoms with Gasteiger partial charge >= 0.3 is 0 Å². The van der Waals surface area contributed by atoms with Crippen molar-refractivity contribution in [3.8, 4) is 11.4 Å². The van der Waals surface area contributed by atoms with E-state index in [0.717, 1.165) is 29.0 Å². The van der Waals surface area contributed by atoms with Crippen LogP contribution >= 0.6 is 0 Å². The minimum Gasteiger partial charge on any atom is -0.497 e. The first kappa shape index (κ1) is 14.0. The molecule has 1 aromatic heterocycles. The number of nitrogens with zero attached hydrogens (tertiary/aromatic N) is 3. The van der Waals surface area contributed by atoms with Gasteiger partial charge in [0.05, 0.1) is 18.5 Å². The van der Waals surface area contributed by atoms with Gasteiger partial charge in [-0.3, -0.25) is 4.79 Å². The Morgan fingerprint density at radius 2 is 1.95 bits per heavy atom. The lowest BCUT2D eigenvalue weighted by molar-refractivity contribution is 0.111. The molecule has 0 radical (unpaired) electrons. The number of hydrogen-bond acceptors (Lipinski definition) is 4. The molecular weight excluding hydrogens is 278 g/mol. The van der Waals surface area contributed by atoms with E-state index in [0.29, 0.717) is 12.1 Å². The van der Waals surface area contributed by atoms with Gasteiger partial charge in [-0.2, -0.15) is 0 Å². The highest BCUT2D eigenvalue weighted by Crippen LogP contribution is 2.20. The molecule has 0 saturated carbocycles. The third-order valence-corrected chi connectivity index (χ3v) is 3.42. The van der Waals surface area contributed by atoms with Crippen LogP contribution in [0.4, 0.5) is 0 Å². The third-order valence-electron chi connectivity index (χ3n) is 3.42. The van der Waals surface area contributed by atoms with Crippen LogP contribution in [0.5, 0.6) is 5.75 Å². The zero-order valence-corrected chi connectivity index (χ0v) is 12.1. The Balaban J connectivity index is 2.05. The van der Waals surface area contributed by atoms with Gasteiger partial charge < -0.3 is 4.74 Å². The summed E-state index contributed by atoms with van der Waals surface area (Å²) >= 11 is 0. The number of benzene rings is 2. The molecule has 0 aliphatic heterocycles. The highest BCUT2D eigenvalue weighted by atomic mass is 16.5. The van der Waals surface area contributed by atoms with Crippen LogP contribution in [-0.4, -0.2) is 28.4 Å². The van der Waals surface area contributed by atoms with E-state index in [1.54, 1.807) is 11.8 Å². The third kappa shape index (κ3) is 2.74. The smallest absolute Gasteiger partial charge is 0.172 e. The predicted octanol–water partition coefficient (Wildman–Crippen LogP) is 2.68. The Kier molecular flexibility index (Phi) is 3.96. The van der Waals surface area contributed by atoms with Crippen LogP contribution in [0, 0.1) is 0 Å². The molecule has 110 valence electrons. The van der Waals surface area contributed by atoms with Crippen molar-refractivity contribution in [1.82, 2.24) is 15.0 Å². The summed E-state index contributed by atoms with van der Waals surface area (Å²) in [7, 11) is 1.61. The van der Waals surface area contributed by atoms with Gasteiger partial charge in [0.2, 0.25) is 0 Å². The molecule has 0 amide bonds. The van der Waals surface area contributed by atoms with Crippen LogP contribution in [0.15, 0.2) is 54.6 Å². The molecule has 2 aromatic carbocycles. The normalized spacial score (nSPS) is 10.4. The first-order valence-electron chi connectivity index (χ1n) is 6.90. The zero-order valence-electron chi connectivity index (χ0n) is 12.1. The molecule has 0 saturated heterocycles. The number of aldehydes is 1. The number of carbonyl (C=O) groups excluding carboxylic acids is 1. The van der Waals surface area contributed by atoms with Crippen molar-refractivity contribution in [2.45, 2.75) is 6.42 Å². The van der Waals surface area contributed by atoms with Crippen LogP contribution in [-0.2, 0) is 6.42 Å². The van der Waals surface area contributed by atoms with E-state index < -0.39 is 0 Å². The standard InChI is InChI=1S/C17H15N3O2/c1-22-15-9-5-8-14(11-15)20-17(16(12-21)18-19-20)10-13-6-3-2-4-7-13/h2-9,11-12H,10H2,1H3. The molecule has 0 fully saturated rings. The average Bonchev–Trinajstić information content (AvgIpc) is 2.98. The molecule has 0 bridgehead atoms. The summed E-state index contributed by atoms with van der Waals surface area (Å²) in [5, 5.41) is 8.08. The lowest BCUT2D eigenvalue weighted by Crippen LogP contribution is -2.05. The molecule has 1 heterocycles. The van der Waals surface area contributed by atoms with Crippen molar-refractivity contribution in [1.29, 1.82) is 0 Å². The molecule has 3 aromatic rings. The lowest BCUT2D eigenvalue weighted by atomic mass is 10.1. The summed E-state index contributed by atoms with van der Waals surface area (Å²) in [4.78, 5) is 11.2. The summed E-state index contributed by atoms with van der Waals surface area (Å²) in [5.74, 6) is 0.728. The van der Waals surface area contributed by atoms with Gasteiger partial charge in [0.1, 0.15) is 11.4 Å². The monoisotopic (exact) mass is 293 g/mol. The molecular formula is C17H15N3O2. The van der Waals surface area contributed by atoms with Crippen molar-refractivity contribution in [3.05, 3.63) is 71.5 Å². The van der Waals surface area contributed by atoms with Crippen molar-refractivity contribution in [2.24, 2.45) is 0 Å². The van der Waals surface area contributed by atoms with E-state index in [2.05, 4.69) is 10.3 Å². The highest BCUT2D eigenvalue weighted by molar-refractivity contribution is 5.73. The fourth-order valence-corrected chi connectivity index (χ4v) is 2.31. The van der Waals surface area contributed by atoms with Gasteiger partial charge in [-0.05, 0) is 17.7 Å². The molecule has 22 heavy (non-hydrogen) atoms. The van der Waals surface area contributed by atoms with Crippen molar-refractivity contribution >= 4 is 6.29 Å². The number of ether oxygens (including phenoxy) is 1. The maximum Gasteiger partial charge on any atom is 0.172 e. The maximum absolute atomic E-state index is 11.2. The summed E-state index contributed by atoms with van der Waals surface area (Å²) in [6.07, 6.45) is 1.32. The Labute approximate surface area is 128 Å². The van der Waals surface area contributed by atoms with Crippen LogP contribution in [0.3, 0.4) is 0 Å². The van der Waals surface area contributed by atoms with Gasteiger partial charge in [0.25, 0.3) is 0 Å². The van der Waals surface area contributed by atoms with Gasteiger partial charge in [0, 0.05) is 12.5 Å². The fraction of sp³-hybridized carbons (Fsp3) is 0.118. The molecule has 5 heteroatoms. The Morgan fingerprint density at radius 1 is 1.14 bits per heavy atom. The maximum atomic E-state index is 11.2. The summed E-state index contributed by atoms with van der Waals surface area (Å²) < 4.78 is 6.92. The fourth-order valence-electron chi connectivity index (χ4n) is 2.31. The zero-order chi connectivity index (χ0) is 15.4. The van der Waals surface area contributed by atoms with Crippen LogP contribution in [0.25, 0.3) is 5.69 Å². The van der Waals surface area contributed by atoms with Crippen molar-refractivity contribution in [3.63, 3.8) is 0 Å². The molecule has 0 aliphatic rings. The quantitative estimate of drug-likeness (QED) is 0.679. The second kappa shape index (κ2) is 6.22. The van der Waals surface area contributed by atoms with Crippen LogP contribution < -0.4 is 4.74 Å². The van der Waals surface area contributed by atoms with E-state index >= 15 is 0 Å². The number of aromatic nitrogens is 3. The van der Waals surface area contributed by atoms with E-state index in [-0.39, 0.29) is 0 Å². The Morgan fingerprint density at radius 3 is 2.68 bits per heavy atom. The molecule has 3 rings (SSSR count). The van der Waals surface area contributed by atoms with Gasteiger partial charge in [0.15, 0.2) is 6.29 Å². The predicted molar refractivity (Wildman–Crippen MR) is 82.5 cm³/mol. The summed E-state index contributed by atoms with van der Waals surface area (Å²) in [6.45, 7) is 0. The number of hydrogen-bond donors (Lipinski definition) is 0. The van der Waals surface area contributed by atoms with E-state index in [1.165, 1.54) is 0 Å². The van der Waals surface area contributed by atoms with Gasteiger partial charge in [-0.15, -0.1) is 5.10 Å². The van der Waals surface area contributed by atoms with E-state index in [4.69, 9.17) is 4.74 Å². The van der Waals surface area contributed by atoms with E-state index in [9.17, 15) is 4.79 Å². The van der Waals surface area contributed by atoms with Gasteiger partial charge in [-0.1, -0.05) is 41.6 Å². The first-order chi connectivity index (χ1) is 10.8. The topological polar surface area (TPSA) is 57.0 Å².